The Morgan fingerprint density at radius 2 is 2.00 bits per heavy atom. The molecule has 7 nitrogen and oxygen atoms in total. The molecule has 3 aromatic rings. The summed E-state index contributed by atoms with van der Waals surface area (Å²) in [5.74, 6) is 0.205. The Balaban J connectivity index is 1.73. The molecule has 1 N–H and O–H groups in total. The van der Waals surface area contributed by atoms with Gasteiger partial charge in [-0.25, -0.2) is 5.43 Å². The molecule has 0 atom stereocenters. The quantitative estimate of drug-likeness (QED) is 0.396. The van der Waals surface area contributed by atoms with Gasteiger partial charge in [-0.15, -0.1) is 0 Å². The lowest BCUT2D eigenvalue weighted by Gasteiger charge is -2.03. The molecule has 0 saturated carbocycles. The number of hydrogen-bond donors (Lipinski definition) is 1. The van der Waals surface area contributed by atoms with Crippen LogP contribution < -0.4 is 5.43 Å². The van der Waals surface area contributed by atoms with E-state index < -0.39 is 10.8 Å². The normalized spacial score (nSPS) is 10.9. The molecule has 0 aliphatic heterocycles. The maximum atomic E-state index is 12.1. The molecule has 1 heterocycles. The van der Waals surface area contributed by atoms with Gasteiger partial charge < -0.3 is 4.42 Å². The molecule has 0 aliphatic rings. The second-order valence-corrected chi connectivity index (χ2v) is 6.07. The van der Waals surface area contributed by atoms with Crippen molar-refractivity contribution in [3.05, 3.63) is 86.6 Å². The fraction of sp³-hybridized carbons (Fsp3) is 0.0526. The Labute approximate surface area is 159 Å². The first-order valence-electron chi connectivity index (χ1n) is 7.89. The standard InChI is InChI=1S/C19H14ClN3O4/c1-12-6-8-14(16(20)10-12)19(24)22-21-11-13-7-9-18(27-13)15-4-2-3-5-17(15)23(25)26/h2-11H,1H3,(H,22,24). The number of halogens is 1. The molecule has 1 aromatic heterocycles. The fourth-order valence-electron chi connectivity index (χ4n) is 2.43. The van der Waals surface area contributed by atoms with Crippen molar-refractivity contribution in [3.63, 3.8) is 0 Å². The van der Waals surface area contributed by atoms with Crippen LogP contribution in [-0.4, -0.2) is 17.0 Å². The molecule has 0 aliphatic carbocycles. The van der Waals surface area contributed by atoms with Crippen molar-refractivity contribution in [3.8, 4) is 11.3 Å². The van der Waals surface area contributed by atoms with Crippen LogP contribution in [0.15, 0.2) is 64.1 Å². The summed E-state index contributed by atoms with van der Waals surface area (Å²) in [6.07, 6.45) is 1.30. The Kier molecular flexibility index (Phi) is 5.33. The minimum Gasteiger partial charge on any atom is -0.455 e. The van der Waals surface area contributed by atoms with Crippen molar-refractivity contribution in [1.82, 2.24) is 5.43 Å². The van der Waals surface area contributed by atoms with E-state index in [0.717, 1.165) is 5.56 Å². The van der Waals surface area contributed by atoms with E-state index >= 15 is 0 Å². The number of nitro benzene ring substituents is 1. The van der Waals surface area contributed by atoms with E-state index in [1.165, 1.54) is 12.3 Å². The zero-order chi connectivity index (χ0) is 19.4. The van der Waals surface area contributed by atoms with Gasteiger partial charge in [-0.05, 0) is 42.8 Å². The Hall–Kier alpha value is -3.45. The largest absolute Gasteiger partial charge is 0.455 e. The third-order valence-electron chi connectivity index (χ3n) is 3.72. The summed E-state index contributed by atoms with van der Waals surface area (Å²) in [7, 11) is 0. The Bertz CT molecular complexity index is 1040. The zero-order valence-corrected chi connectivity index (χ0v) is 14.9. The number of hydrogen-bond acceptors (Lipinski definition) is 5. The molecule has 0 saturated heterocycles. The van der Waals surface area contributed by atoms with E-state index in [-0.39, 0.29) is 5.69 Å². The van der Waals surface area contributed by atoms with Crippen molar-refractivity contribution in [1.29, 1.82) is 0 Å². The topological polar surface area (TPSA) is 97.7 Å². The van der Waals surface area contributed by atoms with Crippen LogP contribution in [0.3, 0.4) is 0 Å². The second-order valence-electron chi connectivity index (χ2n) is 5.66. The van der Waals surface area contributed by atoms with Crippen LogP contribution in [0.1, 0.15) is 21.7 Å². The predicted molar refractivity (Wildman–Crippen MR) is 102 cm³/mol. The number of nitrogens with zero attached hydrogens (tertiary/aromatic N) is 2. The molecule has 2 aromatic carbocycles. The minimum atomic E-state index is -0.475. The van der Waals surface area contributed by atoms with Crippen LogP contribution in [0.25, 0.3) is 11.3 Å². The third-order valence-corrected chi connectivity index (χ3v) is 4.03. The van der Waals surface area contributed by atoms with Gasteiger partial charge in [0, 0.05) is 6.07 Å². The van der Waals surface area contributed by atoms with Gasteiger partial charge in [0.05, 0.1) is 27.3 Å². The lowest BCUT2D eigenvalue weighted by Crippen LogP contribution is -2.18. The van der Waals surface area contributed by atoms with Crippen LogP contribution in [0.5, 0.6) is 0 Å². The molecule has 136 valence electrons. The molecule has 0 bridgehead atoms. The lowest BCUT2D eigenvalue weighted by molar-refractivity contribution is -0.384. The van der Waals surface area contributed by atoms with E-state index in [9.17, 15) is 14.9 Å². The number of carbonyl (C=O) groups is 1. The van der Waals surface area contributed by atoms with Gasteiger partial charge in [-0.1, -0.05) is 29.8 Å². The molecule has 27 heavy (non-hydrogen) atoms. The number of benzene rings is 2. The van der Waals surface area contributed by atoms with E-state index in [4.69, 9.17) is 16.0 Å². The van der Waals surface area contributed by atoms with Crippen LogP contribution >= 0.6 is 11.6 Å². The van der Waals surface area contributed by atoms with Gasteiger partial charge in [0.15, 0.2) is 0 Å². The zero-order valence-electron chi connectivity index (χ0n) is 14.2. The first kappa shape index (κ1) is 18.3. The molecule has 3 rings (SSSR count). The van der Waals surface area contributed by atoms with Gasteiger partial charge >= 0.3 is 0 Å². The second kappa shape index (κ2) is 7.84. The number of aryl methyl sites for hydroxylation is 1. The van der Waals surface area contributed by atoms with E-state index in [1.807, 2.05) is 6.92 Å². The van der Waals surface area contributed by atoms with Gasteiger partial charge in [0.1, 0.15) is 11.5 Å². The number of hydrazone groups is 1. The summed E-state index contributed by atoms with van der Waals surface area (Å²) in [4.78, 5) is 22.7. The van der Waals surface area contributed by atoms with Crippen LogP contribution in [0.4, 0.5) is 5.69 Å². The molecule has 8 heteroatoms. The summed E-state index contributed by atoms with van der Waals surface area (Å²) in [6, 6.07) is 14.5. The van der Waals surface area contributed by atoms with Crippen LogP contribution in [-0.2, 0) is 0 Å². The van der Waals surface area contributed by atoms with E-state index in [2.05, 4.69) is 10.5 Å². The monoisotopic (exact) mass is 383 g/mol. The van der Waals surface area contributed by atoms with Gasteiger partial charge in [-0.3, -0.25) is 14.9 Å². The number of rotatable bonds is 5. The summed E-state index contributed by atoms with van der Waals surface area (Å²) in [5, 5.41) is 15.3. The average Bonchev–Trinajstić information content (AvgIpc) is 3.10. The van der Waals surface area contributed by atoms with Gasteiger partial charge in [0.2, 0.25) is 0 Å². The number of nitro groups is 1. The fourth-order valence-corrected chi connectivity index (χ4v) is 2.75. The molecule has 0 radical (unpaired) electrons. The van der Waals surface area contributed by atoms with E-state index in [1.54, 1.807) is 48.5 Å². The average molecular weight is 384 g/mol. The molecule has 0 spiro atoms. The first-order valence-corrected chi connectivity index (χ1v) is 8.26. The SMILES string of the molecule is Cc1ccc(C(=O)NN=Cc2ccc(-c3ccccc3[N+](=O)[O-])o2)c(Cl)c1. The highest BCUT2D eigenvalue weighted by Crippen LogP contribution is 2.30. The molecular formula is C19H14ClN3O4. The van der Waals surface area contributed by atoms with Crippen molar-refractivity contribution < 1.29 is 14.1 Å². The molecule has 0 fully saturated rings. The van der Waals surface area contributed by atoms with Crippen molar-refractivity contribution >= 4 is 29.4 Å². The summed E-state index contributed by atoms with van der Waals surface area (Å²) < 4.78 is 5.56. The molecule has 0 unspecified atom stereocenters. The summed E-state index contributed by atoms with van der Waals surface area (Å²) in [6.45, 7) is 1.87. The molecule has 1 amide bonds. The number of amides is 1. The smallest absolute Gasteiger partial charge is 0.280 e. The Morgan fingerprint density at radius 3 is 2.74 bits per heavy atom. The third kappa shape index (κ3) is 4.21. The molecular weight excluding hydrogens is 370 g/mol. The first-order chi connectivity index (χ1) is 13.0. The summed E-state index contributed by atoms with van der Waals surface area (Å²) in [5.41, 5.74) is 3.91. The van der Waals surface area contributed by atoms with Crippen molar-refractivity contribution in [2.45, 2.75) is 6.92 Å². The van der Waals surface area contributed by atoms with E-state index in [0.29, 0.717) is 27.7 Å². The summed E-state index contributed by atoms with van der Waals surface area (Å²) >= 11 is 6.05. The van der Waals surface area contributed by atoms with Crippen LogP contribution in [0, 0.1) is 17.0 Å². The van der Waals surface area contributed by atoms with Gasteiger partial charge in [0.25, 0.3) is 11.6 Å². The minimum absolute atomic E-state index is 0.0577. The number of furan rings is 1. The van der Waals surface area contributed by atoms with Crippen LogP contribution in [0.2, 0.25) is 5.02 Å². The maximum absolute atomic E-state index is 12.1. The highest BCUT2D eigenvalue weighted by Gasteiger charge is 2.16. The van der Waals surface area contributed by atoms with Crippen molar-refractivity contribution in [2.24, 2.45) is 5.10 Å². The Morgan fingerprint density at radius 1 is 1.22 bits per heavy atom. The highest BCUT2D eigenvalue weighted by molar-refractivity contribution is 6.33. The number of nitrogens with one attached hydrogen (secondary N) is 1. The van der Waals surface area contributed by atoms with Gasteiger partial charge in [-0.2, -0.15) is 5.10 Å². The maximum Gasteiger partial charge on any atom is 0.280 e. The predicted octanol–water partition coefficient (Wildman–Crippen LogP) is 4.58. The number of carbonyl (C=O) groups excluding carboxylic acids is 1. The lowest BCUT2D eigenvalue weighted by atomic mass is 10.1. The van der Waals surface area contributed by atoms with Crippen molar-refractivity contribution in [2.75, 3.05) is 0 Å². The number of para-hydroxylation sites is 1. The highest BCUT2D eigenvalue weighted by atomic mass is 35.5.